The highest BCUT2D eigenvalue weighted by atomic mass is 32.3. The number of nitrogens with two attached hydrogens (primary N) is 2. The molecule has 0 aliphatic heterocycles. The standard InChI is InChI=1S/C10H17N3O.H2O4S/c1-2-13(5-6-14)10-4-3-8(11)7-9(10)12;1-5(2,3)4/h3-4,7,14H,2,5-6,11-12H2,1H3;(H2,1,2,3,4). The topological polar surface area (TPSA) is 150 Å². The maximum Gasteiger partial charge on any atom is 0.394 e. The number of nitrogen functional groups attached to an aromatic ring is 2. The molecule has 0 fully saturated rings. The van der Waals surface area contributed by atoms with E-state index in [1.807, 2.05) is 24.0 Å². The fourth-order valence-electron chi connectivity index (χ4n) is 1.43. The van der Waals surface area contributed by atoms with E-state index in [-0.39, 0.29) is 6.61 Å². The molecule has 0 bridgehead atoms. The van der Waals surface area contributed by atoms with Crippen LogP contribution in [0, 0.1) is 0 Å². The van der Waals surface area contributed by atoms with Crippen LogP contribution in [0.3, 0.4) is 0 Å². The van der Waals surface area contributed by atoms with Gasteiger partial charge >= 0.3 is 10.4 Å². The number of likely N-dealkylation sites (N-methyl/N-ethyl adjacent to an activating group) is 1. The molecule has 0 saturated carbocycles. The van der Waals surface area contributed by atoms with Gasteiger partial charge in [0.1, 0.15) is 0 Å². The van der Waals surface area contributed by atoms with Crippen LogP contribution in [0.4, 0.5) is 17.1 Å². The molecular formula is C10H19N3O5S. The van der Waals surface area contributed by atoms with Gasteiger partial charge in [-0.25, -0.2) is 0 Å². The Kier molecular flexibility index (Phi) is 7.16. The highest BCUT2D eigenvalue weighted by Crippen LogP contribution is 2.24. The third-order valence-electron chi connectivity index (χ3n) is 2.14. The number of benzene rings is 1. The molecule has 0 radical (unpaired) electrons. The smallest absolute Gasteiger partial charge is 0.394 e. The summed E-state index contributed by atoms with van der Waals surface area (Å²) >= 11 is 0. The van der Waals surface area contributed by atoms with Gasteiger partial charge in [-0.15, -0.1) is 0 Å². The number of aliphatic hydroxyl groups excluding tert-OH is 1. The Morgan fingerprint density at radius 2 is 1.79 bits per heavy atom. The fourth-order valence-corrected chi connectivity index (χ4v) is 1.43. The van der Waals surface area contributed by atoms with Crippen LogP contribution in [0.15, 0.2) is 18.2 Å². The van der Waals surface area contributed by atoms with Crippen molar-refractivity contribution in [3.05, 3.63) is 18.2 Å². The second kappa shape index (κ2) is 7.79. The summed E-state index contributed by atoms with van der Waals surface area (Å²) in [5.41, 5.74) is 13.7. The average Bonchev–Trinajstić information content (AvgIpc) is 2.24. The van der Waals surface area contributed by atoms with E-state index in [0.29, 0.717) is 17.9 Å². The number of nitrogens with zero attached hydrogens (tertiary/aromatic N) is 1. The highest BCUT2D eigenvalue weighted by Gasteiger charge is 2.06. The van der Waals surface area contributed by atoms with Crippen LogP contribution in [0.1, 0.15) is 6.92 Å². The SMILES string of the molecule is CCN(CCO)c1ccc(N)cc1N.O=S(=O)(O)O. The molecule has 0 unspecified atom stereocenters. The maximum absolute atomic E-state index is 8.87. The Hall–Kier alpha value is -1.55. The van der Waals surface area contributed by atoms with E-state index in [4.69, 9.17) is 34.1 Å². The Morgan fingerprint density at radius 1 is 1.26 bits per heavy atom. The Balaban J connectivity index is 0.000000555. The van der Waals surface area contributed by atoms with E-state index in [1.54, 1.807) is 6.07 Å². The molecule has 8 nitrogen and oxygen atoms in total. The predicted molar refractivity (Wildman–Crippen MR) is 74.4 cm³/mol. The Bertz CT molecular complexity index is 484. The van der Waals surface area contributed by atoms with Crippen LogP contribution in [0.25, 0.3) is 0 Å². The van der Waals surface area contributed by atoms with Gasteiger partial charge in [-0.05, 0) is 25.1 Å². The van der Waals surface area contributed by atoms with Crippen LogP contribution >= 0.6 is 0 Å². The zero-order valence-electron chi connectivity index (χ0n) is 10.5. The lowest BCUT2D eigenvalue weighted by atomic mass is 10.2. The van der Waals surface area contributed by atoms with Gasteiger partial charge in [-0.2, -0.15) is 8.42 Å². The second-order valence-electron chi connectivity index (χ2n) is 3.57. The maximum atomic E-state index is 8.87. The normalized spacial score (nSPS) is 10.5. The first-order valence-corrected chi connectivity index (χ1v) is 6.79. The van der Waals surface area contributed by atoms with Crippen molar-refractivity contribution in [1.29, 1.82) is 0 Å². The molecule has 0 aliphatic carbocycles. The minimum atomic E-state index is -4.67. The lowest BCUT2D eigenvalue weighted by Gasteiger charge is -2.23. The number of hydrogen-bond acceptors (Lipinski definition) is 6. The number of hydrogen-bond donors (Lipinski definition) is 5. The molecule has 7 N–H and O–H groups in total. The zero-order chi connectivity index (χ0) is 15.1. The van der Waals surface area contributed by atoms with Gasteiger partial charge in [-0.3, -0.25) is 9.11 Å². The van der Waals surface area contributed by atoms with E-state index in [0.717, 1.165) is 12.2 Å². The molecule has 19 heavy (non-hydrogen) atoms. The zero-order valence-corrected chi connectivity index (χ0v) is 11.3. The van der Waals surface area contributed by atoms with Gasteiger partial charge in [0.05, 0.1) is 18.0 Å². The van der Waals surface area contributed by atoms with Crippen molar-refractivity contribution in [1.82, 2.24) is 0 Å². The van der Waals surface area contributed by atoms with Crippen molar-refractivity contribution in [2.45, 2.75) is 6.92 Å². The quantitative estimate of drug-likeness (QED) is 0.385. The summed E-state index contributed by atoms with van der Waals surface area (Å²) in [4.78, 5) is 2.01. The molecule has 110 valence electrons. The molecule has 0 amide bonds. The Labute approximate surface area is 112 Å². The molecule has 0 aromatic heterocycles. The van der Waals surface area contributed by atoms with E-state index < -0.39 is 10.4 Å². The van der Waals surface area contributed by atoms with Gasteiger partial charge in [-0.1, -0.05) is 0 Å². The summed E-state index contributed by atoms with van der Waals surface area (Å²) in [6.45, 7) is 3.54. The number of aliphatic hydroxyl groups is 1. The molecule has 1 aromatic rings. The van der Waals surface area contributed by atoms with Crippen LogP contribution in [-0.4, -0.2) is 42.3 Å². The van der Waals surface area contributed by atoms with Gasteiger partial charge < -0.3 is 21.5 Å². The van der Waals surface area contributed by atoms with E-state index in [9.17, 15) is 0 Å². The summed E-state index contributed by atoms with van der Waals surface area (Å²) in [6.07, 6.45) is 0. The van der Waals surface area contributed by atoms with Crippen molar-refractivity contribution in [3.8, 4) is 0 Å². The summed E-state index contributed by atoms with van der Waals surface area (Å²) in [5, 5.41) is 8.87. The van der Waals surface area contributed by atoms with Crippen molar-refractivity contribution in [2.24, 2.45) is 0 Å². The monoisotopic (exact) mass is 293 g/mol. The minimum absolute atomic E-state index is 0.123. The molecule has 0 saturated heterocycles. The third-order valence-corrected chi connectivity index (χ3v) is 2.14. The van der Waals surface area contributed by atoms with E-state index in [1.165, 1.54) is 0 Å². The lowest BCUT2D eigenvalue weighted by Crippen LogP contribution is -2.26. The third kappa shape index (κ3) is 8.21. The molecule has 1 rings (SSSR count). The van der Waals surface area contributed by atoms with Crippen molar-refractivity contribution in [3.63, 3.8) is 0 Å². The van der Waals surface area contributed by atoms with Crippen molar-refractivity contribution >= 4 is 27.5 Å². The summed E-state index contributed by atoms with van der Waals surface area (Å²) in [7, 11) is -4.67. The molecule has 1 aromatic carbocycles. The summed E-state index contributed by atoms with van der Waals surface area (Å²) in [6, 6.07) is 5.42. The first-order valence-electron chi connectivity index (χ1n) is 5.39. The minimum Gasteiger partial charge on any atom is -0.399 e. The fraction of sp³-hybridized carbons (Fsp3) is 0.400. The van der Waals surface area contributed by atoms with Crippen molar-refractivity contribution < 1.29 is 22.6 Å². The number of anilines is 3. The van der Waals surface area contributed by atoms with E-state index in [2.05, 4.69) is 0 Å². The van der Waals surface area contributed by atoms with Gasteiger partial charge in [0.2, 0.25) is 0 Å². The lowest BCUT2D eigenvalue weighted by molar-refractivity contribution is 0.302. The molecule has 0 heterocycles. The molecule has 0 atom stereocenters. The van der Waals surface area contributed by atoms with Crippen LogP contribution in [0.2, 0.25) is 0 Å². The van der Waals surface area contributed by atoms with Crippen molar-refractivity contribution in [2.75, 3.05) is 36.1 Å². The largest absolute Gasteiger partial charge is 0.399 e. The second-order valence-corrected chi connectivity index (χ2v) is 4.47. The van der Waals surface area contributed by atoms with Gasteiger partial charge in [0, 0.05) is 18.8 Å². The van der Waals surface area contributed by atoms with Crippen LogP contribution < -0.4 is 16.4 Å². The predicted octanol–water partition coefficient (Wildman–Crippen LogP) is 0.0168. The summed E-state index contributed by atoms with van der Waals surface area (Å²) < 4.78 is 31.6. The summed E-state index contributed by atoms with van der Waals surface area (Å²) in [5.74, 6) is 0. The number of rotatable bonds is 4. The van der Waals surface area contributed by atoms with Gasteiger partial charge in [0.25, 0.3) is 0 Å². The molecule has 0 spiro atoms. The van der Waals surface area contributed by atoms with Crippen LogP contribution in [0.5, 0.6) is 0 Å². The van der Waals surface area contributed by atoms with Crippen LogP contribution in [-0.2, 0) is 10.4 Å². The Morgan fingerprint density at radius 3 is 2.16 bits per heavy atom. The molecular weight excluding hydrogens is 274 g/mol. The van der Waals surface area contributed by atoms with Gasteiger partial charge in [0.15, 0.2) is 0 Å². The first kappa shape index (κ1) is 17.4. The molecule has 0 aliphatic rings. The highest BCUT2D eigenvalue weighted by molar-refractivity contribution is 7.79. The average molecular weight is 293 g/mol. The van der Waals surface area contributed by atoms with E-state index >= 15 is 0 Å². The molecule has 9 heteroatoms. The first-order chi connectivity index (χ1) is 8.69.